The SMILES string of the molecule is CCOc1ccc(Cc2cc(Br)ccc2Cl)cc1.[H-].[H-].[Mg+2]. The third-order valence-electron chi connectivity index (χ3n) is 2.64. The van der Waals surface area contributed by atoms with Gasteiger partial charge in [-0.25, -0.2) is 0 Å². The largest absolute Gasteiger partial charge is 2.00 e. The van der Waals surface area contributed by atoms with Crippen LogP contribution in [0, 0.1) is 0 Å². The second-order valence-corrected chi connectivity index (χ2v) is 5.31. The average Bonchev–Trinajstić information content (AvgIpc) is 2.37. The Hall–Kier alpha value is -0.224. The van der Waals surface area contributed by atoms with Gasteiger partial charge >= 0.3 is 23.1 Å². The zero-order valence-corrected chi connectivity index (χ0v) is 14.6. The van der Waals surface area contributed by atoms with Gasteiger partial charge in [-0.15, -0.1) is 0 Å². The van der Waals surface area contributed by atoms with E-state index in [-0.39, 0.29) is 25.9 Å². The van der Waals surface area contributed by atoms with Crippen molar-refractivity contribution >= 4 is 50.6 Å². The summed E-state index contributed by atoms with van der Waals surface area (Å²) in [5.41, 5.74) is 2.34. The van der Waals surface area contributed by atoms with Crippen molar-refractivity contribution in [2.75, 3.05) is 6.61 Å². The summed E-state index contributed by atoms with van der Waals surface area (Å²) in [6.45, 7) is 2.67. The maximum atomic E-state index is 6.18. The van der Waals surface area contributed by atoms with Gasteiger partial charge in [-0.1, -0.05) is 39.7 Å². The minimum atomic E-state index is 0. The van der Waals surface area contributed by atoms with Gasteiger partial charge in [0.2, 0.25) is 0 Å². The first-order chi connectivity index (χ1) is 8.69. The Balaban J connectivity index is 0. The van der Waals surface area contributed by atoms with Crippen molar-refractivity contribution in [2.24, 2.45) is 0 Å². The number of benzene rings is 2. The van der Waals surface area contributed by atoms with Crippen LogP contribution in [0.3, 0.4) is 0 Å². The third-order valence-corrected chi connectivity index (χ3v) is 3.50. The van der Waals surface area contributed by atoms with Crippen molar-refractivity contribution in [3.63, 3.8) is 0 Å². The van der Waals surface area contributed by atoms with E-state index in [1.807, 2.05) is 31.2 Å². The van der Waals surface area contributed by atoms with E-state index in [0.717, 1.165) is 27.2 Å². The maximum absolute atomic E-state index is 6.18. The zero-order chi connectivity index (χ0) is 13.0. The molecule has 0 heterocycles. The third kappa shape index (κ3) is 4.99. The second kappa shape index (κ2) is 8.15. The van der Waals surface area contributed by atoms with Crippen LogP contribution in [0.2, 0.25) is 5.02 Å². The van der Waals surface area contributed by atoms with E-state index in [1.54, 1.807) is 0 Å². The van der Waals surface area contributed by atoms with Gasteiger partial charge in [-0.3, -0.25) is 0 Å². The molecule has 1 nitrogen and oxygen atoms in total. The topological polar surface area (TPSA) is 9.23 Å². The van der Waals surface area contributed by atoms with E-state index < -0.39 is 0 Å². The van der Waals surface area contributed by atoms with Crippen LogP contribution < -0.4 is 4.74 Å². The monoisotopic (exact) mass is 350 g/mol. The molecule has 0 atom stereocenters. The predicted molar refractivity (Wildman–Crippen MR) is 87.5 cm³/mol. The molecule has 0 fully saturated rings. The maximum Gasteiger partial charge on any atom is 2.00 e. The van der Waals surface area contributed by atoms with Crippen molar-refractivity contribution in [3.8, 4) is 5.75 Å². The molecule has 0 amide bonds. The van der Waals surface area contributed by atoms with E-state index >= 15 is 0 Å². The van der Waals surface area contributed by atoms with Gasteiger partial charge in [0.05, 0.1) is 6.61 Å². The molecule has 0 unspecified atom stereocenters. The first-order valence-electron chi connectivity index (χ1n) is 5.84. The predicted octanol–water partition coefficient (Wildman–Crippen LogP) is 4.94. The normalized spacial score (nSPS) is 9.84. The molecule has 0 spiro atoms. The Morgan fingerprint density at radius 1 is 1.16 bits per heavy atom. The van der Waals surface area contributed by atoms with E-state index in [9.17, 15) is 0 Å². The molecule has 0 N–H and O–H groups in total. The molecule has 2 aromatic carbocycles. The Labute approximate surface area is 146 Å². The first-order valence-corrected chi connectivity index (χ1v) is 7.02. The Morgan fingerprint density at radius 3 is 2.47 bits per heavy atom. The van der Waals surface area contributed by atoms with Gasteiger partial charge in [0.1, 0.15) is 5.75 Å². The molecule has 2 rings (SSSR count). The molecule has 0 aliphatic carbocycles. The van der Waals surface area contributed by atoms with Gasteiger partial charge in [0.25, 0.3) is 0 Å². The van der Waals surface area contributed by atoms with Crippen LogP contribution in [0.4, 0.5) is 0 Å². The summed E-state index contributed by atoms with van der Waals surface area (Å²) in [7, 11) is 0. The van der Waals surface area contributed by atoms with Crippen molar-refractivity contribution in [3.05, 3.63) is 63.1 Å². The van der Waals surface area contributed by atoms with Crippen LogP contribution in [0.15, 0.2) is 46.9 Å². The fourth-order valence-electron chi connectivity index (χ4n) is 1.77. The zero-order valence-electron chi connectivity index (χ0n) is 12.8. The summed E-state index contributed by atoms with van der Waals surface area (Å²) in [5, 5.41) is 0.798. The summed E-state index contributed by atoms with van der Waals surface area (Å²) in [6, 6.07) is 14.0. The molecule has 0 radical (unpaired) electrons. The molecule has 0 aliphatic heterocycles. The van der Waals surface area contributed by atoms with Crippen LogP contribution in [0.5, 0.6) is 5.75 Å². The molecule has 98 valence electrons. The summed E-state index contributed by atoms with van der Waals surface area (Å²) in [6.07, 6.45) is 0.824. The molecular weight excluding hydrogens is 336 g/mol. The van der Waals surface area contributed by atoms with Crippen LogP contribution in [0.1, 0.15) is 20.9 Å². The summed E-state index contributed by atoms with van der Waals surface area (Å²) >= 11 is 9.64. The average molecular weight is 352 g/mol. The number of ether oxygens (including phenoxy) is 1. The number of hydrogen-bond acceptors (Lipinski definition) is 1. The van der Waals surface area contributed by atoms with Crippen LogP contribution in [-0.4, -0.2) is 29.7 Å². The Morgan fingerprint density at radius 2 is 1.84 bits per heavy atom. The quantitative estimate of drug-likeness (QED) is 0.709. The second-order valence-electron chi connectivity index (χ2n) is 3.99. The van der Waals surface area contributed by atoms with Gasteiger partial charge in [-0.05, 0) is 54.8 Å². The van der Waals surface area contributed by atoms with Gasteiger partial charge in [-0.2, -0.15) is 0 Å². The molecule has 0 saturated carbocycles. The minimum Gasteiger partial charge on any atom is -1.00 e. The van der Waals surface area contributed by atoms with Gasteiger partial charge < -0.3 is 7.59 Å². The van der Waals surface area contributed by atoms with Crippen LogP contribution in [0.25, 0.3) is 0 Å². The summed E-state index contributed by atoms with van der Waals surface area (Å²) < 4.78 is 6.47. The molecule has 0 aliphatic rings. The summed E-state index contributed by atoms with van der Waals surface area (Å²) in [5.74, 6) is 0.904. The van der Waals surface area contributed by atoms with E-state index in [2.05, 4.69) is 34.1 Å². The minimum absolute atomic E-state index is 0. The van der Waals surface area contributed by atoms with Crippen molar-refractivity contribution in [1.29, 1.82) is 0 Å². The number of rotatable bonds is 4. The fourth-order valence-corrected chi connectivity index (χ4v) is 2.36. The first kappa shape index (κ1) is 16.8. The Kier molecular flexibility index (Phi) is 7.22. The molecule has 0 saturated heterocycles. The van der Waals surface area contributed by atoms with Crippen LogP contribution in [-0.2, 0) is 6.42 Å². The number of hydrogen-bond donors (Lipinski definition) is 0. The number of halogens is 2. The van der Waals surface area contributed by atoms with Crippen molar-refractivity contribution in [1.82, 2.24) is 0 Å². The Bertz CT molecular complexity index is 538. The van der Waals surface area contributed by atoms with E-state index in [1.165, 1.54) is 5.56 Å². The van der Waals surface area contributed by atoms with Crippen molar-refractivity contribution in [2.45, 2.75) is 13.3 Å². The molecule has 19 heavy (non-hydrogen) atoms. The van der Waals surface area contributed by atoms with E-state index in [0.29, 0.717) is 6.61 Å². The molecular formula is C15H16BrClMgO. The molecule has 4 heteroatoms. The van der Waals surface area contributed by atoms with E-state index in [4.69, 9.17) is 16.3 Å². The van der Waals surface area contributed by atoms with Crippen LogP contribution >= 0.6 is 27.5 Å². The summed E-state index contributed by atoms with van der Waals surface area (Å²) in [4.78, 5) is 0. The molecule has 0 bridgehead atoms. The standard InChI is InChI=1S/C15H14BrClO.Mg.2H/c1-2-18-14-6-3-11(4-7-14)9-12-10-13(16)5-8-15(12)17;;;/h3-8,10H,2,9H2,1H3;;;/q;+2;2*-1. The molecule has 0 aromatic heterocycles. The smallest absolute Gasteiger partial charge is 1.00 e. The van der Waals surface area contributed by atoms with Gasteiger partial charge in [0.15, 0.2) is 0 Å². The fraction of sp³-hybridized carbons (Fsp3) is 0.200. The molecule has 2 aromatic rings. The van der Waals surface area contributed by atoms with Gasteiger partial charge in [0, 0.05) is 9.50 Å². The van der Waals surface area contributed by atoms with Crippen molar-refractivity contribution < 1.29 is 7.59 Å².